The van der Waals surface area contributed by atoms with Gasteiger partial charge in [-0.3, -0.25) is 0 Å². The quantitative estimate of drug-likeness (QED) is 0.655. The Morgan fingerprint density at radius 3 is 2.34 bits per heavy atom. The van der Waals surface area contributed by atoms with E-state index in [9.17, 15) is 9.59 Å². The number of piperidine rings is 1. The summed E-state index contributed by atoms with van der Waals surface area (Å²) >= 11 is 1.80. The first-order valence-electron chi connectivity index (χ1n) is 10.3. The van der Waals surface area contributed by atoms with Crippen LogP contribution in [0.3, 0.4) is 0 Å². The zero-order chi connectivity index (χ0) is 23.1. The Bertz CT molecular complexity index is 968. The third-order valence-corrected chi connectivity index (χ3v) is 6.56. The Hall–Kier alpha value is -2.97. The summed E-state index contributed by atoms with van der Waals surface area (Å²) in [5.41, 5.74) is 1.27. The second kappa shape index (κ2) is 11.1. The predicted octanol–water partition coefficient (Wildman–Crippen LogP) is 4.33. The van der Waals surface area contributed by atoms with Gasteiger partial charge in [0, 0.05) is 28.5 Å². The van der Waals surface area contributed by atoms with Crippen LogP contribution in [0.15, 0.2) is 64.4 Å². The molecule has 0 spiro atoms. The van der Waals surface area contributed by atoms with Crippen molar-refractivity contribution in [2.45, 2.75) is 28.7 Å². The Kier molecular flexibility index (Phi) is 8.19. The second-order valence-electron chi connectivity index (χ2n) is 7.64. The number of nitrogens with zero attached hydrogens (tertiary/aromatic N) is 1. The number of methoxy groups -OCH3 is 1. The van der Waals surface area contributed by atoms with Gasteiger partial charge in [0.2, 0.25) is 0 Å². The van der Waals surface area contributed by atoms with Gasteiger partial charge < -0.3 is 24.6 Å². The van der Waals surface area contributed by atoms with Gasteiger partial charge in [0.1, 0.15) is 17.6 Å². The summed E-state index contributed by atoms with van der Waals surface area (Å²) in [6, 6.07) is 14.8. The highest BCUT2D eigenvalue weighted by Crippen LogP contribution is 2.48. The van der Waals surface area contributed by atoms with Crippen LogP contribution in [0.25, 0.3) is 0 Å². The Morgan fingerprint density at radius 2 is 1.72 bits per heavy atom. The van der Waals surface area contributed by atoms with Gasteiger partial charge in [-0.1, -0.05) is 23.9 Å². The SMILES string of the molecule is COc1ccc2c(c1)C(C1CCN(C)CC1)Oc1ccccc1S2.O=C(O)/C=C\C(=O)O. The van der Waals surface area contributed by atoms with Gasteiger partial charge in [-0.25, -0.2) is 9.59 Å². The van der Waals surface area contributed by atoms with Crippen LogP contribution in [0.1, 0.15) is 24.5 Å². The van der Waals surface area contributed by atoms with Crippen LogP contribution in [0, 0.1) is 5.92 Å². The van der Waals surface area contributed by atoms with Gasteiger partial charge in [0.05, 0.1) is 12.0 Å². The average Bonchev–Trinajstić information content (AvgIpc) is 2.95. The number of benzene rings is 2. The van der Waals surface area contributed by atoms with Crippen molar-refractivity contribution in [3.8, 4) is 11.5 Å². The van der Waals surface area contributed by atoms with Crippen LogP contribution < -0.4 is 9.47 Å². The number of carbonyl (C=O) groups is 2. The van der Waals surface area contributed by atoms with E-state index in [-0.39, 0.29) is 6.10 Å². The lowest BCUT2D eigenvalue weighted by atomic mass is 9.87. The minimum Gasteiger partial charge on any atom is -0.497 e. The van der Waals surface area contributed by atoms with Gasteiger partial charge in [-0.2, -0.15) is 0 Å². The molecule has 1 saturated heterocycles. The van der Waals surface area contributed by atoms with Crippen molar-refractivity contribution in [1.82, 2.24) is 4.90 Å². The Morgan fingerprint density at radius 1 is 1.06 bits per heavy atom. The first kappa shape index (κ1) is 23.7. The highest BCUT2D eigenvalue weighted by molar-refractivity contribution is 7.99. The molecular formula is C24H27NO6S. The minimum atomic E-state index is -1.26. The molecule has 2 aliphatic rings. The first-order chi connectivity index (χ1) is 15.4. The molecule has 32 heavy (non-hydrogen) atoms. The van der Waals surface area contributed by atoms with E-state index < -0.39 is 11.9 Å². The molecule has 170 valence electrons. The molecule has 0 radical (unpaired) electrons. The summed E-state index contributed by atoms with van der Waals surface area (Å²) in [6.45, 7) is 2.28. The molecule has 0 saturated carbocycles. The van der Waals surface area contributed by atoms with E-state index in [1.807, 2.05) is 6.07 Å². The number of rotatable bonds is 4. The molecule has 0 amide bonds. The molecule has 4 rings (SSSR count). The molecule has 2 aromatic rings. The van der Waals surface area contributed by atoms with Crippen molar-refractivity contribution in [3.05, 3.63) is 60.2 Å². The molecule has 2 aromatic carbocycles. The highest BCUT2D eigenvalue weighted by atomic mass is 32.2. The normalized spacial score (nSPS) is 18.4. The lowest BCUT2D eigenvalue weighted by Crippen LogP contribution is -2.34. The maximum Gasteiger partial charge on any atom is 0.328 e. The summed E-state index contributed by atoms with van der Waals surface area (Å²) in [4.78, 5) is 24.0. The van der Waals surface area contributed by atoms with Gasteiger partial charge in [-0.15, -0.1) is 0 Å². The number of fused-ring (bicyclic) bond motifs is 2. The predicted molar refractivity (Wildman–Crippen MR) is 122 cm³/mol. The van der Waals surface area contributed by atoms with Crippen molar-refractivity contribution < 1.29 is 29.3 Å². The number of carboxylic acids is 2. The van der Waals surface area contributed by atoms with Crippen molar-refractivity contribution >= 4 is 23.7 Å². The molecule has 0 aliphatic carbocycles. The number of para-hydroxylation sites is 1. The largest absolute Gasteiger partial charge is 0.497 e. The van der Waals surface area contributed by atoms with E-state index in [1.54, 1.807) is 18.9 Å². The molecule has 1 atom stereocenters. The molecule has 2 N–H and O–H groups in total. The number of aliphatic carboxylic acids is 2. The van der Waals surface area contributed by atoms with E-state index in [0.29, 0.717) is 18.1 Å². The van der Waals surface area contributed by atoms with Crippen molar-refractivity contribution in [2.24, 2.45) is 5.92 Å². The molecule has 1 unspecified atom stereocenters. The zero-order valence-corrected chi connectivity index (χ0v) is 18.9. The maximum atomic E-state index is 9.55. The average molecular weight is 458 g/mol. The third-order valence-electron chi connectivity index (χ3n) is 5.41. The first-order valence-corrected chi connectivity index (χ1v) is 11.1. The molecule has 2 heterocycles. The van der Waals surface area contributed by atoms with Crippen LogP contribution in [-0.2, 0) is 9.59 Å². The van der Waals surface area contributed by atoms with E-state index in [4.69, 9.17) is 19.7 Å². The van der Waals surface area contributed by atoms with Crippen LogP contribution >= 0.6 is 11.8 Å². The van der Waals surface area contributed by atoms with E-state index in [1.165, 1.54) is 28.2 Å². The molecule has 7 nitrogen and oxygen atoms in total. The van der Waals surface area contributed by atoms with Gasteiger partial charge in [0.15, 0.2) is 0 Å². The monoisotopic (exact) mass is 457 g/mol. The lowest BCUT2D eigenvalue weighted by molar-refractivity contribution is -0.134. The lowest BCUT2D eigenvalue weighted by Gasteiger charge is -2.34. The van der Waals surface area contributed by atoms with E-state index in [2.05, 4.69) is 48.3 Å². The van der Waals surface area contributed by atoms with E-state index >= 15 is 0 Å². The van der Waals surface area contributed by atoms with Crippen molar-refractivity contribution in [1.29, 1.82) is 0 Å². The standard InChI is InChI=1S/C20H23NO2S.C4H4O4/c1-21-11-9-14(10-12-21)20-16-13-15(22-2)7-8-18(16)24-19-6-4-3-5-17(19)23-20;5-3(6)1-2-4(7)8/h3-8,13-14,20H,9-12H2,1-2H3;1-2H,(H,5,6)(H,7,8)/b;2-1-. The van der Waals surface area contributed by atoms with Crippen LogP contribution in [0.4, 0.5) is 0 Å². The maximum absolute atomic E-state index is 9.55. The number of hydrogen-bond donors (Lipinski definition) is 2. The van der Waals surface area contributed by atoms with Crippen LogP contribution in [-0.4, -0.2) is 54.3 Å². The Balaban J connectivity index is 0.000000312. The molecule has 8 heteroatoms. The van der Waals surface area contributed by atoms with Crippen molar-refractivity contribution in [2.75, 3.05) is 27.2 Å². The molecule has 0 bridgehead atoms. The number of ether oxygens (including phenoxy) is 2. The van der Waals surface area contributed by atoms with Gasteiger partial charge in [0.25, 0.3) is 0 Å². The fourth-order valence-electron chi connectivity index (χ4n) is 3.74. The fourth-order valence-corrected chi connectivity index (χ4v) is 4.77. The zero-order valence-electron chi connectivity index (χ0n) is 18.1. The molecule has 2 aliphatic heterocycles. The number of likely N-dealkylation sites (tertiary alicyclic amines) is 1. The summed E-state index contributed by atoms with van der Waals surface area (Å²) in [6.07, 6.45) is 3.56. The summed E-state index contributed by atoms with van der Waals surface area (Å²) in [7, 11) is 3.93. The molecular weight excluding hydrogens is 430 g/mol. The fraction of sp³-hybridized carbons (Fsp3) is 0.333. The smallest absolute Gasteiger partial charge is 0.328 e. The van der Waals surface area contributed by atoms with E-state index in [0.717, 1.165) is 24.6 Å². The Labute approximate surface area is 191 Å². The highest BCUT2D eigenvalue weighted by Gasteiger charge is 2.33. The van der Waals surface area contributed by atoms with Crippen LogP contribution in [0.2, 0.25) is 0 Å². The van der Waals surface area contributed by atoms with Crippen molar-refractivity contribution in [3.63, 3.8) is 0 Å². The molecule has 1 fully saturated rings. The summed E-state index contributed by atoms with van der Waals surface area (Å²) in [5, 5.41) is 15.6. The summed E-state index contributed by atoms with van der Waals surface area (Å²) < 4.78 is 12.0. The topological polar surface area (TPSA) is 96.3 Å². The van der Waals surface area contributed by atoms with Gasteiger partial charge in [-0.05, 0) is 63.3 Å². The number of carboxylic acid groups (broad SMARTS) is 2. The minimum absolute atomic E-state index is 0.0972. The van der Waals surface area contributed by atoms with Crippen LogP contribution in [0.5, 0.6) is 11.5 Å². The summed E-state index contributed by atoms with van der Waals surface area (Å²) in [5.74, 6) is -0.0676. The third kappa shape index (κ3) is 6.27. The van der Waals surface area contributed by atoms with Gasteiger partial charge >= 0.3 is 11.9 Å². The molecule has 0 aromatic heterocycles. The number of hydrogen-bond acceptors (Lipinski definition) is 6. The second-order valence-corrected chi connectivity index (χ2v) is 8.73.